The molecule has 1 aliphatic rings. The summed E-state index contributed by atoms with van der Waals surface area (Å²) in [6.07, 6.45) is 1.66. The van der Waals surface area contributed by atoms with Crippen LogP contribution < -0.4 is 5.32 Å². The number of hydrogen-bond acceptors (Lipinski definition) is 6. The molecule has 0 unspecified atom stereocenters. The fourth-order valence-corrected chi connectivity index (χ4v) is 3.33. The minimum atomic E-state index is -1.21. The smallest absolute Gasteiger partial charge is 0.329 e. The van der Waals surface area contributed by atoms with E-state index in [0.717, 1.165) is 12.8 Å². The van der Waals surface area contributed by atoms with Gasteiger partial charge in [0.2, 0.25) is 0 Å². The Kier molecular flexibility index (Phi) is 6.10. The molecule has 3 rings (SSSR count). The number of H-pyrrole nitrogens is 1. The van der Waals surface area contributed by atoms with Crippen molar-refractivity contribution in [3.63, 3.8) is 0 Å². The Morgan fingerprint density at radius 3 is 2.83 bits per heavy atom. The number of amides is 2. The van der Waals surface area contributed by atoms with Gasteiger partial charge in [0, 0.05) is 18.7 Å². The number of fused-ring (bicyclic) bond motifs is 1. The zero-order valence-corrected chi connectivity index (χ0v) is 16.0. The first-order valence-corrected chi connectivity index (χ1v) is 8.94. The number of ether oxygens (including phenoxy) is 2. The molecule has 2 heterocycles. The number of nitrogens with one attached hydrogen (secondary N) is 2. The quantitative estimate of drug-likeness (QED) is 0.727. The predicted molar refractivity (Wildman–Crippen MR) is 98.2 cm³/mol. The van der Waals surface area contributed by atoms with E-state index >= 15 is 0 Å². The number of aromatic amines is 1. The maximum atomic E-state index is 13.8. The van der Waals surface area contributed by atoms with Crippen molar-refractivity contribution >= 4 is 18.0 Å². The van der Waals surface area contributed by atoms with Crippen LogP contribution in [0.4, 0.5) is 9.18 Å². The second-order valence-corrected chi connectivity index (χ2v) is 6.47. The SMILES string of the molecule is COC(=O)C[C@H](NC(=O)N1CCc2[nH]cnc2[C@H]1c1cccc(F)c1)C(=O)OC. The standard InChI is InChI=1S/C19H21FN4O5/c1-28-15(25)9-14(18(26)29-2)23-19(27)24-7-6-13-16(22-10-21-13)17(24)11-4-3-5-12(20)8-11/h3-5,8,10,14,17H,6-7,9H2,1-2H3,(H,21,22)(H,23,27)/t14-,17+/m0/s1. The van der Waals surface area contributed by atoms with Gasteiger partial charge in [0.25, 0.3) is 0 Å². The topological polar surface area (TPSA) is 114 Å². The van der Waals surface area contributed by atoms with Crippen LogP contribution in [0, 0.1) is 5.82 Å². The Hall–Kier alpha value is -3.43. The van der Waals surface area contributed by atoms with Crippen LogP contribution in [0.1, 0.15) is 29.4 Å². The lowest BCUT2D eigenvalue weighted by Crippen LogP contribution is -2.52. The summed E-state index contributed by atoms with van der Waals surface area (Å²) in [5.74, 6) is -1.89. The first kappa shape index (κ1) is 20.3. The third kappa shape index (κ3) is 4.36. The average Bonchev–Trinajstić information content (AvgIpc) is 3.20. The minimum absolute atomic E-state index is 0.300. The zero-order chi connectivity index (χ0) is 21.0. The number of carbonyl (C=O) groups is 3. The van der Waals surface area contributed by atoms with E-state index in [1.165, 1.54) is 30.5 Å². The number of nitrogens with zero attached hydrogens (tertiary/aromatic N) is 2. The van der Waals surface area contributed by atoms with Crippen LogP contribution in [0.5, 0.6) is 0 Å². The Balaban J connectivity index is 1.89. The third-order valence-corrected chi connectivity index (χ3v) is 4.73. The van der Waals surface area contributed by atoms with Crippen molar-refractivity contribution in [3.05, 3.63) is 53.4 Å². The highest BCUT2D eigenvalue weighted by Gasteiger charge is 2.36. The second kappa shape index (κ2) is 8.72. The van der Waals surface area contributed by atoms with Crippen LogP contribution in [0.3, 0.4) is 0 Å². The number of methoxy groups -OCH3 is 2. The van der Waals surface area contributed by atoms with E-state index in [4.69, 9.17) is 0 Å². The summed E-state index contributed by atoms with van der Waals surface area (Å²) in [6.45, 7) is 0.300. The number of halogens is 1. The van der Waals surface area contributed by atoms with Gasteiger partial charge in [0.15, 0.2) is 0 Å². The van der Waals surface area contributed by atoms with Crippen molar-refractivity contribution in [1.82, 2.24) is 20.2 Å². The fraction of sp³-hybridized carbons (Fsp3) is 0.368. The van der Waals surface area contributed by atoms with Gasteiger partial charge in [-0.15, -0.1) is 0 Å². The summed E-state index contributed by atoms with van der Waals surface area (Å²) in [5, 5.41) is 2.52. The monoisotopic (exact) mass is 404 g/mol. The lowest BCUT2D eigenvalue weighted by molar-refractivity contribution is -0.149. The van der Waals surface area contributed by atoms with E-state index in [-0.39, 0.29) is 6.42 Å². The molecule has 1 aliphatic heterocycles. The Morgan fingerprint density at radius 1 is 1.34 bits per heavy atom. The summed E-state index contributed by atoms with van der Waals surface area (Å²) in [6, 6.07) is 3.42. The molecule has 29 heavy (non-hydrogen) atoms. The summed E-state index contributed by atoms with van der Waals surface area (Å²) in [5.41, 5.74) is 1.98. The van der Waals surface area contributed by atoms with E-state index in [1.54, 1.807) is 12.1 Å². The Labute approximate surface area is 166 Å². The Morgan fingerprint density at radius 2 is 2.14 bits per heavy atom. The number of benzene rings is 1. The molecular weight excluding hydrogens is 383 g/mol. The van der Waals surface area contributed by atoms with Gasteiger partial charge >= 0.3 is 18.0 Å². The van der Waals surface area contributed by atoms with Crippen LogP contribution in [0.2, 0.25) is 0 Å². The predicted octanol–water partition coefficient (Wildman–Crippen LogP) is 1.31. The van der Waals surface area contributed by atoms with Gasteiger partial charge in [-0.3, -0.25) is 4.79 Å². The van der Waals surface area contributed by atoms with E-state index in [0.29, 0.717) is 24.2 Å². The van der Waals surface area contributed by atoms with Gasteiger partial charge in [0.05, 0.1) is 32.7 Å². The fourth-order valence-electron chi connectivity index (χ4n) is 3.33. The highest BCUT2D eigenvalue weighted by Crippen LogP contribution is 2.33. The molecule has 2 amide bonds. The largest absolute Gasteiger partial charge is 0.469 e. The minimum Gasteiger partial charge on any atom is -0.469 e. The number of esters is 2. The van der Waals surface area contributed by atoms with Crippen molar-refractivity contribution < 1.29 is 28.2 Å². The third-order valence-electron chi connectivity index (χ3n) is 4.73. The molecule has 0 saturated carbocycles. The van der Waals surface area contributed by atoms with Crippen LogP contribution in [-0.4, -0.2) is 59.6 Å². The van der Waals surface area contributed by atoms with E-state index < -0.39 is 35.9 Å². The first-order chi connectivity index (χ1) is 13.9. The van der Waals surface area contributed by atoms with Crippen molar-refractivity contribution in [2.45, 2.75) is 24.9 Å². The maximum Gasteiger partial charge on any atom is 0.329 e. The highest BCUT2D eigenvalue weighted by molar-refractivity contribution is 5.87. The summed E-state index contributed by atoms with van der Waals surface area (Å²) < 4.78 is 23.1. The van der Waals surface area contributed by atoms with Gasteiger partial charge < -0.3 is 24.7 Å². The number of aromatic nitrogens is 2. The second-order valence-electron chi connectivity index (χ2n) is 6.47. The molecule has 9 nitrogen and oxygen atoms in total. The number of carbonyl (C=O) groups excluding carboxylic acids is 3. The van der Waals surface area contributed by atoms with Crippen LogP contribution in [0.25, 0.3) is 0 Å². The van der Waals surface area contributed by atoms with E-state index in [9.17, 15) is 18.8 Å². The normalized spacial score (nSPS) is 16.5. The van der Waals surface area contributed by atoms with Gasteiger partial charge in [-0.25, -0.2) is 19.0 Å². The lowest BCUT2D eigenvalue weighted by Gasteiger charge is -2.36. The van der Waals surface area contributed by atoms with Gasteiger partial charge in [-0.2, -0.15) is 0 Å². The van der Waals surface area contributed by atoms with Crippen molar-refractivity contribution in [2.24, 2.45) is 0 Å². The molecule has 2 N–H and O–H groups in total. The summed E-state index contributed by atoms with van der Waals surface area (Å²) in [7, 11) is 2.34. The highest BCUT2D eigenvalue weighted by atomic mass is 19.1. The number of urea groups is 1. The van der Waals surface area contributed by atoms with E-state index in [1.807, 2.05) is 0 Å². The number of rotatable bonds is 5. The maximum absolute atomic E-state index is 13.8. The average molecular weight is 404 g/mol. The molecule has 0 spiro atoms. The van der Waals surface area contributed by atoms with Crippen LogP contribution >= 0.6 is 0 Å². The Bertz CT molecular complexity index is 916. The lowest BCUT2D eigenvalue weighted by atomic mass is 9.96. The molecule has 10 heteroatoms. The molecule has 0 radical (unpaired) electrons. The molecule has 0 bridgehead atoms. The van der Waals surface area contributed by atoms with Gasteiger partial charge in [-0.05, 0) is 17.7 Å². The zero-order valence-electron chi connectivity index (χ0n) is 16.0. The van der Waals surface area contributed by atoms with Crippen LogP contribution in [-0.2, 0) is 25.5 Å². The molecule has 1 aromatic heterocycles. The summed E-state index contributed by atoms with van der Waals surface area (Å²) >= 11 is 0. The number of imidazole rings is 1. The molecule has 0 aliphatic carbocycles. The molecule has 0 fully saturated rings. The van der Waals surface area contributed by atoms with Crippen molar-refractivity contribution in [2.75, 3.05) is 20.8 Å². The van der Waals surface area contributed by atoms with Crippen molar-refractivity contribution in [1.29, 1.82) is 0 Å². The molecular formula is C19H21FN4O5. The summed E-state index contributed by atoms with van der Waals surface area (Å²) in [4.78, 5) is 45.4. The molecule has 2 atom stereocenters. The van der Waals surface area contributed by atoms with Gasteiger partial charge in [-0.1, -0.05) is 12.1 Å². The van der Waals surface area contributed by atoms with Crippen molar-refractivity contribution in [3.8, 4) is 0 Å². The van der Waals surface area contributed by atoms with Crippen LogP contribution in [0.15, 0.2) is 30.6 Å². The molecule has 1 aromatic carbocycles. The molecule has 2 aromatic rings. The molecule has 154 valence electrons. The number of hydrogen-bond donors (Lipinski definition) is 2. The van der Waals surface area contributed by atoms with E-state index in [2.05, 4.69) is 24.8 Å². The molecule has 0 saturated heterocycles. The first-order valence-electron chi connectivity index (χ1n) is 8.94. The van der Waals surface area contributed by atoms with Gasteiger partial charge in [0.1, 0.15) is 17.9 Å².